The van der Waals surface area contributed by atoms with E-state index < -0.39 is 15.9 Å². The van der Waals surface area contributed by atoms with Crippen LogP contribution in [0.15, 0.2) is 6.20 Å². The first-order valence-corrected chi connectivity index (χ1v) is 16.9. The van der Waals surface area contributed by atoms with E-state index in [2.05, 4.69) is 45.8 Å². The monoisotopic (exact) mass is 517 g/mol. The highest BCUT2D eigenvalue weighted by Gasteiger charge is 2.50. The SMILES string of the molecule is CCOP(=O)(COc1nc2[n+](cc1C)[C@H]1C[C@H](O2)[C@@H](CO[Si](C)(C)C(C)(C)C(C)C)O1)OCC. The highest BCUT2D eigenvalue weighted by molar-refractivity contribution is 7.53. The van der Waals surface area contributed by atoms with Gasteiger partial charge in [-0.25, -0.2) is 0 Å². The van der Waals surface area contributed by atoms with Crippen molar-refractivity contribution in [1.82, 2.24) is 4.98 Å². The van der Waals surface area contributed by atoms with E-state index in [-0.39, 0.29) is 43.0 Å². The number of nitrogens with zero attached hydrogens (tertiary/aromatic N) is 2. The minimum Gasteiger partial charge on any atom is -0.446 e. The number of fused-ring (bicyclic) bond motifs is 4. The van der Waals surface area contributed by atoms with Gasteiger partial charge < -0.3 is 27.7 Å². The van der Waals surface area contributed by atoms with Gasteiger partial charge in [0.25, 0.3) is 0 Å². The molecule has 2 aliphatic heterocycles. The Kier molecular flexibility index (Phi) is 8.53. The van der Waals surface area contributed by atoms with E-state index in [1.165, 1.54) is 0 Å². The molecule has 1 saturated heterocycles. The molecule has 194 valence electrons. The molecule has 3 rings (SSSR count). The Bertz CT molecular complexity index is 902. The van der Waals surface area contributed by atoms with Crippen molar-refractivity contribution in [3.8, 4) is 11.9 Å². The predicted octanol–water partition coefficient (Wildman–Crippen LogP) is 4.99. The summed E-state index contributed by atoms with van der Waals surface area (Å²) in [6.07, 6.45) is 1.96. The van der Waals surface area contributed by atoms with E-state index in [1.54, 1.807) is 13.8 Å². The Morgan fingerprint density at radius 3 is 2.50 bits per heavy atom. The van der Waals surface area contributed by atoms with Gasteiger partial charge in [-0.05, 0) is 44.8 Å². The third kappa shape index (κ3) is 5.68. The quantitative estimate of drug-likeness (QED) is 0.218. The van der Waals surface area contributed by atoms with Crippen LogP contribution in [-0.4, -0.2) is 51.7 Å². The molecular formula is C23H42N2O7PSi+. The maximum atomic E-state index is 12.7. The van der Waals surface area contributed by atoms with Crippen LogP contribution in [0.2, 0.25) is 18.1 Å². The average Bonchev–Trinajstić information content (AvgIpc) is 3.09. The molecule has 1 aromatic rings. The summed E-state index contributed by atoms with van der Waals surface area (Å²) in [5.41, 5.74) is 0.779. The molecule has 0 amide bonds. The van der Waals surface area contributed by atoms with Gasteiger partial charge in [-0.2, -0.15) is 4.57 Å². The first-order chi connectivity index (χ1) is 15.8. The van der Waals surface area contributed by atoms with Crippen LogP contribution in [0, 0.1) is 12.8 Å². The topological polar surface area (TPSA) is 89.2 Å². The maximum Gasteiger partial charge on any atom is 0.504 e. The zero-order valence-electron chi connectivity index (χ0n) is 22.1. The number of hydrogen-bond donors (Lipinski definition) is 0. The molecule has 1 aromatic heterocycles. The van der Waals surface area contributed by atoms with E-state index in [0.29, 0.717) is 24.4 Å². The molecule has 3 atom stereocenters. The largest absolute Gasteiger partial charge is 0.504 e. The Hall–Kier alpha value is -1.03. The molecule has 3 heterocycles. The molecule has 0 N–H and O–H groups in total. The van der Waals surface area contributed by atoms with Crippen molar-refractivity contribution in [2.45, 2.75) is 91.5 Å². The molecule has 2 bridgehead atoms. The summed E-state index contributed by atoms with van der Waals surface area (Å²) in [6, 6.07) is 0.422. The lowest BCUT2D eigenvalue weighted by atomic mass is 9.99. The molecule has 0 aromatic carbocycles. The van der Waals surface area contributed by atoms with E-state index in [4.69, 9.17) is 27.7 Å². The first-order valence-electron chi connectivity index (χ1n) is 12.2. The molecule has 0 saturated carbocycles. The Morgan fingerprint density at radius 2 is 1.91 bits per heavy atom. The summed E-state index contributed by atoms with van der Waals surface area (Å²) in [6.45, 7) is 20.1. The summed E-state index contributed by atoms with van der Waals surface area (Å²) in [5.74, 6) is 0.868. The minimum absolute atomic E-state index is 0.132. The second-order valence-corrected chi connectivity index (χ2v) is 17.0. The van der Waals surface area contributed by atoms with Gasteiger partial charge in [-0.3, -0.25) is 4.57 Å². The van der Waals surface area contributed by atoms with Crippen LogP contribution in [0.5, 0.6) is 11.9 Å². The van der Waals surface area contributed by atoms with Gasteiger partial charge in [0.05, 0.1) is 31.8 Å². The molecule has 0 unspecified atom stereocenters. The van der Waals surface area contributed by atoms with Crippen molar-refractivity contribution in [2.24, 2.45) is 5.92 Å². The van der Waals surface area contributed by atoms with Gasteiger partial charge in [0, 0.05) is 4.98 Å². The number of aromatic nitrogens is 2. The molecule has 2 aliphatic rings. The van der Waals surface area contributed by atoms with E-state index >= 15 is 0 Å². The fourth-order valence-electron chi connectivity index (χ4n) is 4.09. The van der Waals surface area contributed by atoms with Gasteiger partial charge in [-0.1, -0.05) is 27.7 Å². The Morgan fingerprint density at radius 1 is 1.26 bits per heavy atom. The summed E-state index contributed by atoms with van der Waals surface area (Å²) in [5, 5.41) is 0.132. The van der Waals surface area contributed by atoms with Crippen LogP contribution in [0.1, 0.15) is 59.8 Å². The van der Waals surface area contributed by atoms with Crippen LogP contribution in [-0.2, 0) is 22.8 Å². The zero-order valence-corrected chi connectivity index (χ0v) is 24.0. The van der Waals surface area contributed by atoms with Crippen LogP contribution in [0.4, 0.5) is 0 Å². The van der Waals surface area contributed by atoms with Gasteiger partial charge in [0.15, 0.2) is 14.7 Å². The van der Waals surface area contributed by atoms with E-state index in [9.17, 15) is 4.57 Å². The number of ether oxygens (including phenoxy) is 3. The molecule has 0 spiro atoms. The van der Waals surface area contributed by atoms with Crippen molar-refractivity contribution < 1.29 is 36.8 Å². The lowest BCUT2D eigenvalue weighted by molar-refractivity contribution is -0.769. The minimum atomic E-state index is -3.35. The van der Waals surface area contributed by atoms with E-state index in [0.717, 1.165) is 12.0 Å². The predicted molar refractivity (Wildman–Crippen MR) is 131 cm³/mol. The normalized spacial score (nSPS) is 22.6. The van der Waals surface area contributed by atoms with Gasteiger partial charge >= 0.3 is 19.5 Å². The standard InChI is InChI=1S/C23H42N2O7PSi/c1-10-28-33(26,29-11-2)15-27-21-17(5)13-25-20-12-18(32-22(25)24-21)19(31-20)14-30-34(8,9)23(6,7)16(3)4/h13,16,18-20H,10-12,14-15H2,1-9H3/q+1/t18-,19+,20+/m0/s1. The first kappa shape index (κ1) is 27.6. The van der Waals surface area contributed by atoms with Crippen LogP contribution < -0.4 is 14.0 Å². The number of rotatable bonds is 12. The molecule has 34 heavy (non-hydrogen) atoms. The molecular weight excluding hydrogens is 475 g/mol. The molecule has 11 heteroatoms. The zero-order chi connectivity index (χ0) is 25.3. The number of hydrogen-bond acceptors (Lipinski definition) is 8. The second-order valence-electron chi connectivity index (χ2n) is 10.4. The molecule has 9 nitrogen and oxygen atoms in total. The highest BCUT2D eigenvalue weighted by atomic mass is 31.2. The van der Waals surface area contributed by atoms with Gasteiger partial charge in [0.1, 0.15) is 18.4 Å². The summed E-state index contributed by atoms with van der Waals surface area (Å²) in [4.78, 5) is 4.56. The van der Waals surface area contributed by atoms with Crippen molar-refractivity contribution in [2.75, 3.05) is 26.2 Å². The van der Waals surface area contributed by atoms with Crippen molar-refractivity contribution in [3.63, 3.8) is 0 Å². The Labute approximate surface area is 205 Å². The van der Waals surface area contributed by atoms with Crippen molar-refractivity contribution >= 4 is 15.9 Å². The Balaban J connectivity index is 1.69. The third-order valence-electron chi connectivity index (χ3n) is 7.45. The fraction of sp³-hybridized carbons (Fsp3) is 0.826. The van der Waals surface area contributed by atoms with Crippen molar-refractivity contribution in [3.05, 3.63) is 11.8 Å². The fourth-order valence-corrected chi connectivity index (χ4v) is 7.72. The second kappa shape index (κ2) is 10.5. The van der Waals surface area contributed by atoms with E-state index in [1.807, 2.05) is 17.7 Å². The third-order valence-corrected chi connectivity index (χ3v) is 13.8. The average molecular weight is 518 g/mol. The highest BCUT2D eigenvalue weighted by Crippen LogP contribution is 2.48. The number of aryl methyl sites for hydroxylation is 1. The lowest BCUT2D eigenvalue weighted by Gasteiger charge is -2.43. The smallest absolute Gasteiger partial charge is 0.446 e. The van der Waals surface area contributed by atoms with Gasteiger partial charge in [-0.15, -0.1) is 0 Å². The molecule has 1 fully saturated rings. The molecule has 0 radical (unpaired) electrons. The van der Waals surface area contributed by atoms with Crippen LogP contribution in [0.3, 0.4) is 0 Å². The van der Waals surface area contributed by atoms with Crippen molar-refractivity contribution in [1.29, 1.82) is 0 Å². The summed E-state index contributed by atoms with van der Waals surface area (Å²) >= 11 is 0. The summed E-state index contributed by atoms with van der Waals surface area (Å²) < 4.78 is 50.1. The van der Waals surface area contributed by atoms with Crippen LogP contribution >= 0.6 is 7.60 Å². The lowest BCUT2D eigenvalue weighted by Crippen LogP contribution is -2.48. The summed E-state index contributed by atoms with van der Waals surface area (Å²) in [7, 11) is -5.32. The van der Waals surface area contributed by atoms with Gasteiger partial charge in [0.2, 0.25) is 6.23 Å². The maximum absolute atomic E-state index is 12.7. The van der Waals surface area contributed by atoms with Crippen LogP contribution in [0.25, 0.3) is 0 Å². The molecule has 0 aliphatic carbocycles.